The summed E-state index contributed by atoms with van der Waals surface area (Å²) in [6.07, 6.45) is 6.64. The number of nitrogens with zero attached hydrogens (tertiary/aromatic N) is 1. The van der Waals surface area contributed by atoms with Gasteiger partial charge < -0.3 is 4.74 Å². The highest BCUT2D eigenvalue weighted by Gasteiger charge is 2.19. The molecule has 3 nitrogen and oxygen atoms in total. The number of carbonyl (C=O) groups is 1. The highest BCUT2D eigenvalue weighted by atomic mass is 19.1. The van der Waals surface area contributed by atoms with Gasteiger partial charge in [-0.1, -0.05) is 44.0 Å². The van der Waals surface area contributed by atoms with E-state index in [1.807, 2.05) is 12.1 Å². The van der Waals surface area contributed by atoms with Gasteiger partial charge in [0.2, 0.25) is 0 Å². The molecular formula is C27H24FNO2. The third-order valence-electron chi connectivity index (χ3n) is 5.81. The zero-order valence-corrected chi connectivity index (χ0v) is 17.6. The number of hydrogen-bond acceptors (Lipinski definition) is 3. The predicted octanol–water partition coefficient (Wildman–Crippen LogP) is 6.41. The van der Waals surface area contributed by atoms with Gasteiger partial charge in [0.15, 0.2) is 0 Å². The molecule has 4 heteroatoms. The number of carbonyl (C=O) groups excluding carboxylic acids is 1. The number of halogens is 1. The van der Waals surface area contributed by atoms with Crippen LogP contribution in [0.1, 0.15) is 58.8 Å². The molecule has 0 unspecified atom stereocenters. The van der Waals surface area contributed by atoms with Crippen LogP contribution in [0.25, 0.3) is 11.1 Å². The van der Waals surface area contributed by atoms with Crippen molar-refractivity contribution in [2.24, 2.45) is 0 Å². The van der Waals surface area contributed by atoms with Gasteiger partial charge in [-0.3, -0.25) is 0 Å². The molecule has 1 aliphatic carbocycles. The minimum Gasteiger partial charge on any atom is -0.423 e. The Morgan fingerprint density at radius 2 is 1.74 bits per heavy atom. The van der Waals surface area contributed by atoms with Gasteiger partial charge in [-0.25, -0.2) is 9.18 Å². The lowest BCUT2D eigenvalue weighted by Crippen LogP contribution is -2.11. The Hall–Kier alpha value is -3.45. The molecule has 0 heterocycles. The van der Waals surface area contributed by atoms with Gasteiger partial charge in [-0.2, -0.15) is 5.26 Å². The molecular weight excluding hydrogens is 389 g/mol. The normalized spacial score (nSPS) is 11.9. The first-order chi connectivity index (χ1) is 15.1. The number of unbranched alkanes of at least 4 members (excludes halogenated alkanes) is 2. The van der Waals surface area contributed by atoms with Gasteiger partial charge in [-0.15, -0.1) is 0 Å². The third kappa shape index (κ3) is 4.51. The molecule has 4 rings (SSSR count). The Morgan fingerprint density at radius 3 is 2.45 bits per heavy atom. The van der Waals surface area contributed by atoms with Crippen LogP contribution in [0.15, 0.2) is 54.6 Å². The fraction of sp³-hybridized carbons (Fsp3) is 0.259. The minimum absolute atomic E-state index is 0.0826. The SMILES string of the molecule is CCCCCc1ccc2c(c1)CCc1cc(C(=O)Oc3ccc(C#N)c(F)c3)ccc1-2. The Kier molecular flexibility index (Phi) is 6.13. The molecule has 0 spiro atoms. The summed E-state index contributed by atoms with van der Waals surface area (Å²) in [5.74, 6) is -1.16. The smallest absolute Gasteiger partial charge is 0.343 e. The largest absolute Gasteiger partial charge is 0.423 e. The first-order valence-electron chi connectivity index (χ1n) is 10.8. The first kappa shape index (κ1) is 20.8. The summed E-state index contributed by atoms with van der Waals surface area (Å²) < 4.78 is 19.1. The van der Waals surface area contributed by atoms with Gasteiger partial charge in [-0.05, 0) is 77.8 Å². The van der Waals surface area contributed by atoms with Crippen molar-refractivity contribution in [3.63, 3.8) is 0 Å². The van der Waals surface area contributed by atoms with E-state index < -0.39 is 11.8 Å². The average molecular weight is 413 g/mol. The van der Waals surface area contributed by atoms with Gasteiger partial charge in [0.05, 0.1) is 11.1 Å². The van der Waals surface area contributed by atoms with E-state index >= 15 is 0 Å². The third-order valence-corrected chi connectivity index (χ3v) is 5.81. The van der Waals surface area contributed by atoms with Crippen molar-refractivity contribution in [2.75, 3.05) is 0 Å². The monoisotopic (exact) mass is 413 g/mol. The Balaban J connectivity index is 1.52. The molecule has 156 valence electrons. The number of esters is 1. The van der Waals surface area contributed by atoms with Crippen molar-refractivity contribution >= 4 is 5.97 Å². The molecule has 0 aliphatic heterocycles. The van der Waals surface area contributed by atoms with Crippen LogP contribution in [-0.2, 0) is 19.3 Å². The van der Waals surface area contributed by atoms with Crippen LogP contribution in [-0.4, -0.2) is 5.97 Å². The highest BCUT2D eigenvalue weighted by Crippen LogP contribution is 2.35. The van der Waals surface area contributed by atoms with Crippen LogP contribution in [0.3, 0.4) is 0 Å². The number of hydrogen-bond donors (Lipinski definition) is 0. The Bertz CT molecular complexity index is 1180. The van der Waals surface area contributed by atoms with Crippen molar-refractivity contribution in [3.05, 3.63) is 88.2 Å². The lowest BCUT2D eigenvalue weighted by atomic mass is 9.83. The summed E-state index contributed by atoms with van der Waals surface area (Å²) in [5, 5.41) is 8.82. The zero-order valence-electron chi connectivity index (χ0n) is 17.6. The maximum atomic E-state index is 13.8. The summed E-state index contributed by atoms with van der Waals surface area (Å²) >= 11 is 0. The van der Waals surface area contributed by atoms with E-state index in [2.05, 4.69) is 25.1 Å². The number of nitriles is 1. The first-order valence-corrected chi connectivity index (χ1v) is 10.8. The van der Waals surface area contributed by atoms with Crippen molar-refractivity contribution in [1.29, 1.82) is 5.26 Å². The molecule has 31 heavy (non-hydrogen) atoms. The van der Waals surface area contributed by atoms with E-state index in [9.17, 15) is 9.18 Å². The minimum atomic E-state index is -0.705. The number of benzene rings is 3. The molecule has 0 saturated heterocycles. The standard InChI is InChI=1S/C27H24FNO2/c1-2-3-4-5-18-6-12-24-19(14-18)7-8-20-15-21(10-13-25(20)24)27(30)31-23-11-9-22(17-29)26(28)16-23/h6,9-16H,2-5,7-8H2,1H3. The average Bonchev–Trinajstić information content (AvgIpc) is 2.78. The second-order valence-corrected chi connectivity index (χ2v) is 7.96. The molecule has 0 N–H and O–H groups in total. The van der Waals surface area contributed by atoms with Crippen LogP contribution in [0.5, 0.6) is 5.75 Å². The number of fused-ring (bicyclic) bond motifs is 3. The topological polar surface area (TPSA) is 50.1 Å². The predicted molar refractivity (Wildman–Crippen MR) is 119 cm³/mol. The van der Waals surface area contributed by atoms with Crippen LogP contribution < -0.4 is 4.74 Å². The van der Waals surface area contributed by atoms with Crippen LogP contribution in [0.4, 0.5) is 4.39 Å². The van der Waals surface area contributed by atoms with Gasteiger partial charge in [0.1, 0.15) is 17.6 Å². The number of rotatable bonds is 6. The molecule has 0 fully saturated rings. The molecule has 3 aromatic carbocycles. The molecule has 0 atom stereocenters. The summed E-state index contributed by atoms with van der Waals surface area (Å²) in [7, 11) is 0. The zero-order chi connectivity index (χ0) is 21.8. The second kappa shape index (κ2) is 9.14. The molecule has 0 bridgehead atoms. The highest BCUT2D eigenvalue weighted by molar-refractivity contribution is 5.92. The lowest BCUT2D eigenvalue weighted by molar-refractivity contribution is 0.0734. The van der Waals surface area contributed by atoms with Crippen LogP contribution in [0.2, 0.25) is 0 Å². The molecule has 3 aromatic rings. The molecule has 0 radical (unpaired) electrons. The van der Waals surface area contributed by atoms with Crippen molar-refractivity contribution in [3.8, 4) is 22.9 Å². The van der Waals surface area contributed by atoms with Gasteiger partial charge in [0.25, 0.3) is 0 Å². The van der Waals surface area contributed by atoms with E-state index in [4.69, 9.17) is 10.00 Å². The Morgan fingerprint density at radius 1 is 1.00 bits per heavy atom. The number of ether oxygens (including phenoxy) is 1. The van der Waals surface area contributed by atoms with E-state index in [-0.39, 0.29) is 11.3 Å². The molecule has 0 aromatic heterocycles. The summed E-state index contributed by atoms with van der Waals surface area (Å²) in [6.45, 7) is 2.22. The fourth-order valence-corrected chi connectivity index (χ4v) is 4.13. The molecule has 1 aliphatic rings. The summed E-state index contributed by atoms with van der Waals surface area (Å²) in [5.41, 5.74) is 6.61. The second-order valence-electron chi connectivity index (χ2n) is 7.96. The Labute approximate surface area is 182 Å². The van der Waals surface area contributed by atoms with Crippen molar-refractivity contribution in [2.45, 2.75) is 45.4 Å². The molecule has 0 saturated carbocycles. The van der Waals surface area contributed by atoms with Gasteiger partial charge >= 0.3 is 5.97 Å². The van der Waals surface area contributed by atoms with Crippen LogP contribution in [0, 0.1) is 17.1 Å². The van der Waals surface area contributed by atoms with E-state index in [1.165, 1.54) is 48.1 Å². The van der Waals surface area contributed by atoms with Crippen molar-refractivity contribution in [1.82, 2.24) is 0 Å². The molecule has 0 amide bonds. The van der Waals surface area contributed by atoms with Crippen molar-refractivity contribution < 1.29 is 13.9 Å². The maximum absolute atomic E-state index is 13.8. The lowest BCUT2D eigenvalue weighted by Gasteiger charge is -2.21. The number of aryl methyl sites for hydroxylation is 3. The summed E-state index contributed by atoms with van der Waals surface area (Å²) in [4.78, 5) is 12.6. The van der Waals surface area contributed by atoms with Gasteiger partial charge in [0, 0.05) is 6.07 Å². The fourth-order valence-electron chi connectivity index (χ4n) is 4.13. The quantitative estimate of drug-likeness (QED) is 0.266. The summed E-state index contributed by atoms with van der Waals surface area (Å²) in [6, 6.07) is 17.9. The van der Waals surface area contributed by atoms with E-state index in [0.717, 1.165) is 36.5 Å². The maximum Gasteiger partial charge on any atom is 0.343 e. The van der Waals surface area contributed by atoms with E-state index in [0.29, 0.717) is 5.56 Å². The van der Waals surface area contributed by atoms with Crippen LogP contribution >= 0.6 is 0 Å². The van der Waals surface area contributed by atoms with E-state index in [1.54, 1.807) is 12.1 Å².